The average molecular weight is 305 g/mol. The normalized spacial score (nSPS) is 12.3. The largest absolute Gasteiger partial charge is 0.382 e. The molecule has 0 heterocycles. The number of guanidine groups is 1. The van der Waals surface area contributed by atoms with Crippen molar-refractivity contribution in [3.8, 4) is 0 Å². The fourth-order valence-electron chi connectivity index (χ4n) is 2.16. The van der Waals surface area contributed by atoms with Gasteiger partial charge in [-0.15, -0.1) is 0 Å². The fraction of sp³-hybridized carbons (Fsp3) is 0.611. The van der Waals surface area contributed by atoms with E-state index in [2.05, 4.69) is 60.7 Å². The molecule has 1 rings (SSSR count). The van der Waals surface area contributed by atoms with Crippen LogP contribution in [0.25, 0.3) is 0 Å². The van der Waals surface area contributed by atoms with Gasteiger partial charge in [0.15, 0.2) is 5.96 Å². The van der Waals surface area contributed by atoms with Crippen molar-refractivity contribution in [1.82, 2.24) is 10.6 Å². The molecule has 0 aliphatic heterocycles. The molecule has 0 bridgehead atoms. The van der Waals surface area contributed by atoms with Gasteiger partial charge in [0.25, 0.3) is 0 Å². The van der Waals surface area contributed by atoms with Crippen LogP contribution in [0.2, 0.25) is 0 Å². The Kier molecular flexibility index (Phi) is 7.96. The van der Waals surface area contributed by atoms with Crippen LogP contribution in [0.3, 0.4) is 0 Å². The highest BCUT2D eigenvalue weighted by Gasteiger charge is 2.20. The Hall–Kier alpha value is -1.55. The highest BCUT2D eigenvalue weighted by Crippen LogP contribution is 2.22. The summed E-state index contributed by atoms with van der Waals surface area (Å²) in [5, 5.41) is 6.73. The molecule has 2 N–H and O–H groups in total. The zero-order chi connectivity index (χ0) is 16.4. The van der Waals surface area contributed by atoms with Crippen LogP contribution in [0.4, 0.5) is 0 Å². The maximum absolute atomic E-state index is 5.33. The van der Waals surface area contributed by atoms with E-state index >= 15 is 0 Å². The molecule has 0 fully saturated rings. The first-order valence-corrected chi connectivity index (χ1v) is 8.09. The molecule has 0 amide bonds. The van der Waals surface area contributed by atoms with Crippen molar-refractivity contribution >= 4 is 5.96 Å². The van der Waals surface area contributed by atoms with E-state index in [-0.39, 0.29) is 5.41 Å². The second-order valence-electron chi connectivity index (χ2n) is 6.15. The van der Waals surface area contributed by atoms with E-state index in [0.29, 0.717) is 0 Å². The Morgan fingerprint density at radius 1 is 1.18 bits per heavy atom. The van der Waals surface area contributed by atoms with Gasteiger partial charge < -0.3 is 15.4 Å². The summed E-state index contributed by atoms with van der Waals surface area (Å²) in [4.78, 5) is 4.27. The molecule has 0 saturated heterocycles. The first-order valence-electron chi connectivity index (χ1n) is 8.09. The van der Waals surface area contributed by atoms with Crippen molar-refractivity contribution in [1.29, 1.82) is 0 Å². The number of nitrogens with zero attached hydrogens (tertiary/aromatic N) is 1. The number of aliphatic imine (C=N–C) groups is 1. The summed E-state index contributed by atoms with van der Waals surface area (Å²) in [7, 11) is 1.80. The van der Waals surface area contributed by atoms with Gasteiger partial charge >= 0.3 is 0 Å². The molecule has 1 aromatic rings. The molecule has 0 spiro atoms. The van der Waals surface area contributed by atoms with Crippen LogP contribution in [-0.2, 0) is 10.2 Å². The third kappa shape index (κ3) is 6.48. The molecule has 0 aromatic heterocycles. The van der Waals surface area contributed by atoms with Gasteiger partial charge in [0, 0.05) is 38.8 Å². The molecule has 4 heteroatoms. The van der Waals surface area contributed by atoms with E-state index in [1.165, 1.54) is 11.1 Å². The monoisotopic (exact) mass is 305 g/mol. The standard InChI is InChI=1S/C18H31N3O/c1-6-22-13-7-12-20-17(19-5)21-14-18(3,4)16-10-8-15(2)9-11-16/h8-11H,6-7,12-14H2,1-5H3,(H2,19,20,21). The lowest BCUT2D eigenvalue weighted by Gasteiger charge is -2.27. The topological polar surface area (TPSA) is 45.6 Å². The van der Waals surface area contributed by atoms with E-state index in [4.69, 9.17) is 4.74 Å². The van der Waals surface area contributed by atoms with Gasteiger partial charge in [0.2, 0.25) is 0 Å². The third-order valence-electron chi connectivity index (χ3n) is 3.72. The second-order valence-corrected chi connectivity index (χ2v) is 6.15. The van der Waals surface area contributed by atoms with Crippen molar-refractivity contribution in [3.63, 3.8) is 0 Å². The number of aryl methyl sites for hydroxylation is 1. The Labute approximate surface area is 135 Å². The van der Waals surface area contributed by atoms with E-state index in [1.54, 1.807) is 7.05 Å². The van der Waals surface area contributed by atoms with Crippen LogP contribution in [0.5, 0.6) is 0 Å². The van der Waals surface area contributed by atoms with Crippen molar-refractivity contribution in [2.75, 3.05) is 33.4 Å². The van der Waals surface area contributed by atoms with Crippen LogP contribution in [0.15, 0.2) is 29.3 Å². The lowest BCUT2D eigenvalue weighted by Crippen LogP contribution is -2.43. The summed E-state index contributed by atoms with van der Waals surface area (Å²) in [6, 6.07) is 8.74. The van der Waals surface area contributed by atoms with Crippen molar-refractivity contribution in [2.45, 2.75) is 39.5 Å². The van der Waals surface area contributed by atoms with Crippen LogP contribution < -0.4 is 10.6 Å². The summed E-state index contributed by atoms with van der Waals surface area (Å²) in [6.07, 6.45) is 0.982. The minimum Gasteiger partial charge on any atom is -0.382 e. The lowest BCUT2D eigenvalue weighted by molar-refractivity contribution is 0.145. The van der Waals surface area contributed by atoms with Gasteiger partial charge in [-0.25, -0.2) is 0 Å². The lowest BCUT2D eigenvalue weighted by atomic mass is 9.84. The molecule has 0 radical (unpaired) electrons. The van der Waals surface area contributed by atoms with E-state index < -0.39 is 0 Å². The Bertz CT molecular complexity index is 452. The third-order valence-corrected chi connectivity index (χ3v) is 3.72. The zero-order valence-electron chi connectivity index (χ0n) is 14.7. The first kappa shape index (κ1) is 18.5. The van der Waals surface area contributed by atoms with Gasteiger partial charge in [0.1, 0.15) is 0 Å². The predicted molar refractivity (Wildman–Crippen MR) is 94.7 cm³/mol. The number of ether oxygens (including phenoxy) is 1. The van der Waals surface area contributed by atoms with Gasteiger partial charge in [-0.05, 0) is 25.8 Å². The van der Waals surface area contributed by atoms with Gasteiger partial charge in [-0.1, -0.05) is 43.7 Å². The van der Waals surface area contributed by atoms with Gasteiger partial charge in [-0.3, -0.25) is 4.99 Å². The number of benzene rings is 1. The molecular formula is C18H31N3O. The molecule has 0 atom stereocenters. The smallest absolute Gasteiger partial charge is 0.191 e. The molecule has 22 heavy (non-hydrogen) atoms. The predicted octanol–water partition coefficient (Wildman–Crippen LogP) is 2.86. The molecule has 0 saturated carbocycles. The maximum atomic E-state index is 5.33. The fourth-order valence-corrected chi connectivity index (χ4v) is 2.16. The minimum atomic E-state index is 0.0522. The van der Waals surface area contributed by atoms with Crippen molar-refractivity contribution in [3.05, 3.63) is 35.4 Å². The number of hydrogen-bond acceptors (Lipinski definition) is 2. The van der Waals surface area contributed by atoms with E-state index in [9.17, 15) is 0 Å². The highest BCUT2D eigenvalue weighted by molar-refractivity contribution is 5.79. The SMILES string of the molecule is CCOCCCNC(=NC)NCC(C)(C)c1ccc(C)cc1. The number of nitrogens with one attached hydrogen (secondary N) is 2. The van der Waals surface area contributed by atoms with Crippen LogP contribution in [0, 0.1) is 6.92 Å². The van der Waals surface area contributed by atoms with Crippen LogP contribution in [-0.4, -0.2) is 39.3 Å². The molecule has 0 aliphatic rings. The van der Waals surface area contributed by atoms with E-state index in [1.807, 2.05) is 6.92 Å². The summed E-state index contributed by atoms with van der Waals surface area (Å²) < 4.78 is 5.33. The molecule has 0 aliphatic carbocycles. The summed E-state index contributed by atoms with van der Waals surface area (Å²) in [5.41, 5.74) is 2.67. The quantitative estimate of drug-likeness (QED) is 0.441. The minimum absolute atomic E-state index is 0.0522. The summed E-state index contributed by atoms with van der Waals surface area (Å²) in [6.45, 7) is 11.9. The average Bonchev–Trinajstić information content (AvgIpc) is 2.50. The number of hydrogen-bond donors (Lipinski definition) is 2. The summed E-state index contributed by atoms with van der Waals surface area (Å²) >= 11 is 0. The molecule has 124 valence electrons. The van der Waals surface area contributed by atoms with Gasteiger partial charge in [0.05, 0.1) is 0 Å². The van der Waals surface area contributed by atoms with Crippen molar-refractivity contribution in [2.24, 2.45) is 4.99 Å². The maximum Gasteiger partial charge on any atom is 0.191 e. The first-order chi connectivity index (χ1) is 10.5. The van der Waals surface area contributed by atoms with Crippen LogP contribution >= 0.6 is 0 Å². The van der Waals surface area contributed by atoms with Crippen molar-refractivity contribution < 1.29 is 4.74 Å². The Balaban J connectivity index is 2.42. The second kappa shape index (κ2) is 9.46. The Morgan fingerprint density at radius 2 is 1.86 bits per heavy atom. The molecule has 4 nitrogen and oxygen atoms in total. The highest BCUT2D eigenvalue weighted by atomic mass is 16.5. The number of rotatable bonds is 8. The zero-order valence-corrected chi connectivity index (χ0v) is 14.7. The molecule has 1 aromatic carbocycles. The van der Waals surface area contributed by atoms with Gasteiger partial charge in [-0.2, -0.15) is 0 Å². The molecule has 0 unspecified atom stereocenters. The Morgan fingerprint density at radius 3 is 2.45 bits per heavy atom. The molecular weight excluding hydrogens is 274 g/mol. The summed E-state index contributed by atoms with van der Waals surface area (Å²) in [5.74, 6) is 0.844. The van der Waals surface area contributed by atoms with E-state index in [0.717, 1.165) is 38.7 Å². The van der Waals surface area contributed by atoms with Crippen LogP contribution in [0.1, 0.15) is 38.3 Å².